The van der Waals surface area contributed by atoms with E-state index in [0.29, 0.717) is 35.9 Å². The number of rotatable bonds is 1. The molecule has 4 heteroatoms. The van der Waals surface area contributed by atoms with Gasteiger partial charge in [-0.25, -0.2) is 0 Å². The summed E-state index contributed by atoms with van der Waals surface area (Å²) in [6.45, 7) is 2.19. The lowest BCUT2D eigenvalue weighted by molar-refractivity contribution is -0.211. The molecule has 1 aliphatic carbocycles. The number of aliphatic hydroxyl groups excluding tert-OH is 2. The molecule has 1 aromatic rings. The lowest BCUT2D eigenvalue weighted by Gasteiger charge is -2.62. The van der Waals surface area contributed by atoms with E-state index < -0.39 is 0 Å². The van der Waals surface area contributed by atoms with Gasteiger partial charge >= 0.3 is 0 Å². The average molecular weight is 326 g/mol. The zero-order chi connectivity index (χ0) is 16.4. The lowest BCUT2D eigenvalue weighted by Crippen LogP contribution is -2.72. The summed E-state index contributed by atoms with van der Waals surface area (Å²) >= 11 is 0. The van der Waals surface area contributed by atoms with Gasteiger partial charge in [-0.2, -0.15) is 0 Å². The van der Waals surface area contributed by atoms with Crippen molar-refractivity contribution >= 4 is 5.69 Å². The Morgan fingerprint density at radius 3 is 2.79 bits per heavy atom. The number of benzene rings is 1. The molecule has 10 atom stereocenters. The Kier molecular flexibility index (Phi) is 2.45. The molecule has 0 aromatic heterocycles. The SMILES string of the molecule is CC[C@H]1[C@H]2C[C@@H]3[C@@H]4N(C)c5ccccc5[C@]45C[C@@H]([C@@H]2[C@@H]5O)N3[C@@H]1O. The molecular weight excluding hydrogens is 300 g/mol. The summed E-state index contributed by atoms with van der Waals surface area (Å²) in [4.78, 5) is 4.83. The highest BCUT2D eigenvalue weighted by Crippen LogP contribution is 2.68. The monoisotopic (exact) mass is 326 g/mol. The minimum atomic E-state index is -0.319. The standard InChI is InChI=1S/C20H26N2O2/c1-3-10-11-8-14-17-20(12-6-4-5-7-13(12)21(17)2)9-15(16(11)18(20)23)22(14)19(10)24/h4-7,10-11,14-19,23-24H,3,8-9H2,1-2H3/t10-,11+,14+,15-,16+,17-,18-,19+,20+/m0/s1. The van der Waals surface area contributed by atoms with Crippen LogP contribution in [-0.4, -0.2) is 52.6 Å². The summed E-state index contributed by atoms with van der Waals surface area (Å²) in [5.41, 5.74) is 2.51. The van der Waals surface area contributed by atoms with Crippen molar-refractivity contribution in [2.75, 3.05) is 11.9 Å². The van der Waals surface area contributed by atoms with Gasteiger partial charge in [-0.3, -0.25) is 4.90 Å². The van der Waals surface area contributed by atoms with Crippen LogP contribution in [0.2, 0.25) is 0 Å². The molecule has 2 N–H and O–H groups in total. The molecule has 4 saturated heterocycles. The maximum atomic E-state index is 11.6. The molecule has 7 rings (SSSR count). The third-order valence-electron chi connectivity index (χ3n) is 8.46. The summed E-state index contributed by atoms with van der Waals surface area (Å²) in [7, 11) is 2.19. The first-order valence-corrected chi connectivity index (χ1v) is 9.57. The lowest BCUT2D eigenvalue weighted by atomic mass is 9.62. The molecule has 4 nitrogen and oxygen atoms in total. The fraction of sp³-hybridized carbons (Fsp3) is 0.700. The molecule has 6 aliphatic rings. The van der Waals surface area contributed by atoms with Gasteiger partial charge in [0.25, 0.3) is 0 Å². The second-order valence-electron chi connectivity index (χ2n) is 8.81. The third-order valence-corrected chi connectivity index (χ3v) is 8.46. The van der Waals surface area contributed by atoms with E-state index in [2.05, 4.69) is 48.0 Å². The molecule has 1 aromatic carbocycles. The van der Waals surface area contributed by atoms with Crippen molar-refractivity contribution in [2.45, 2.75) is 62.1 Å². The highest BCUT2D eigenvalue weighted by atomic mass is 16.3. The van der Waals surface area contributed by atoms with Crippen molar-refractivity contribution in [1.82, 2.24) is 4.90 Å². The van der Waals surface area contributed by atoms with Crippen molar-refractivity contribution < 1.29 is 10.2 Å². The van der Waals surface area contributed by atoms with Crippen LogP contribution in [-0.2, 0) is 5.41 Å². The molecule has 5 aliphatic heterocycles. The Hall–Kier alpha value is -1.10. The van der Waals surface area contributed by atoms with Crippen molar-refractivity contribution in [2.24, 2.45) is 17.8 Å². The predicted octanol–water partition coefficient (Wildman–Crippen LogP) is 1.55. The van der Waals surface area contributed by atoms with Crippen LogP contribution >= 0.6 is 0 Å². The second kappa shape index (κ2) is 4.17. The van der Waals surface area contributed by atoms with Crippen molar-refractivity contribution in [3.63, 3.8) is 0 Å². The van der Waals surface area contributed by atoms with Gasteiger partial charge in [0, 0.05) is 42.1 Å². The van der Waals surface area contributed by atoms with Crippen molar-refractivity contribution in [3.05, 3.63) is 29.8 Å². The van der Waals surface area contributed by atoms with Gasteiger partial charge in [-0.05, 0) is 36.8 Å². The normalized spacial score (nSPS) is 55.8. The number of piperidine rings is 4. The minimum absolute atomic E-state index is 0.126. The molecule has 1 unspecified atom stereocenters. The van der Waals surface area contributed by atoms with Crippen molar-refractivity contribution in [3.8, 4) is 0 Å². The first-order valence-electron chi connectivity index (χ1n) is 9.57. The Labute approximate surface area is 143 Å². The van der Waals surface area contributed by atoms with Gasteiger partial charge < -0.3 is 15.1 Å². The molecule has 5 fully saturated rings. The van der Waals surface area contributed by atoms with Crippen LogP contribution in [0.15, 0.2) is 24.3 Å². The highest BCUT2D eigenvalue weighted by molar-refractivity contribution is 5.67. The van der Waals surface area contributed by atoms with E-state index in [4.69, 9.17) is 0 Å². The quantitative estimate of drug-likeness (QED) is 0.822. The smallest absolute Gasteiger partial charge is 0.111 e. The van der Waals surface area contributed by atoms with Gasteiger partial charge in [0.05, 0.1) is 12.1 Å². The molecule has 128 valence electrons. The zero-order valence-corrected chi connectivity index (χ0v) is 14.3. The number of likely N-dealkylation sites (N-methyl/N-ethyl adjacent to an activating group) is 1. The first kappa shape index (κ1) is 14.1. The number of nitrogens with zero attached hydrogens (tertiary/aromatic N) is 2. The van der Waals surface area contributed by atoms with Crippen LogP contribution in [0.1, 0.15) is 31.7 Å². The molecule has 1 saturated carbocycles. The first-order chi connectivity index (χ1) is 11.6. The molecule has 0 amide bonds. The van der Waals surface area contributed by atoms with E-state index in [0.717, 1.165) is 19.3 Å². The van der Waals surface area contributed by atoms with Crippen LogP contribution in [0.3, 0.4) is 0 Å². The van der Waals surface area contributed by atoms with Crippen LogP contribution in [0.4, 0.5) is 5.69 Å². The van der Waals surface area contributed by atoms with Gasteiger partial charge in [0.1, 0.15) is 6.23 Å². The largest absolute Gasteiger partial charge is 0.392 e. The number of anilines is 1. The number of aliphatic hydroxyl groups is 2. The van der Waals surface area contributed by atoms with E-state index in [-0.39, 0.29) is 17.7 Å². The van der Waals surface area contributed by atoms with Crippen molar-refractivity contribution in [1.29, 1.82) is 0 Å². The summed E-state index contributed by atoms with van der Waals surface area (Å²) < 4.78 is 0. The fourth-order valence-electron chi connectivity index (χ4n) is 7.88. The third kappa shape index (κ3) is 1.20. The fourth-order valence-corrected chi connectivity index (χ4v) is 7.88. The summed E-state index contributed by atoms with van der Waals surface area (Å²) in [6, 6.07) is 9.70. The van der Waals surface area contributed by atoms with E-state index in [1.165, 1.54) is 11.3 Å². The Balaban J connectivity index is 1.60. The molecule has 5 bridgehead atoms. The van der Waals surface area contributed by atoms with E-state index in [1.54, 1.807) is 0 Å². The minimum Gasteiger partial charge on any atom is -0.392 e. The maximum Gasteiger partial charge on any atom is 0.111 e. The molecule has 5 heterocycles. The Bertz CT molecular complexity index is 723. The number of fused-ring (bicyclic) bond motifs is 2. The molecule has 24 heavy (non-hydrogen) atoms. The van der Waals surface area contributed by atoms with Gasteiger partial charge in [-0.15, -0.1) is 0 Å². The van der Waals surface area contributed by atoms with E-state index in [9.17, 15) is 10.2 Å². The molecular formula is C20H26N2O2. The Morgan fingerprint density at radius 1 is 1.21 bits per heavy atom. The molecule has 0 radical (unpaired) electrons. The average Bonchev–Trinajstić information content (AvgIpc) is 2.97. The van der Waals surface area contributed by atoms with Gasteiger partial charge in [-0.1, -0.05) is 25.1 Å². The molecule has 1 spiro atoms. The van der Waals surface area contributed by atoms with Crippen LogP contribution < -0.4 is 4.90 Å². The second-order valence-corrected chi connectivity index (χ2v) is 8.81. The van der Waals surface area contributed by atoms with Gasteiger partial charge in [0.2, 0.25) is 0 Å². The van der Waals surface area contributed by atoms with E-state index in [1.807, 2.05) is 0 Å². The topological polar surface area (TPSA) is 46.9 Å². The summed E-state index contributed by atoms with van der Waals surface area (Å²) in [5.74, 6) is 1.14. The predicted molar refractivity (Wildman–Crippen MR) is 91.7 cm³/mol. The summed E-state index contributed by atoms with van der Waals surface area (Å²) in [5, 5.41) is 22.6. The zero-order valence-electron chi connectivity index (χ0n) is 14.3. The van der Waals surface area contributed by atoms with Crippen LogP contribution in [0, 0.1) is 17.8 Å². The van der Waals surface area contributed by atoms with Crippen LogP contribution in [0.5, 0.6) is 0 Å². The number of hydrogen-bond acceptors (Lipinski definition) is 4. The maximum absolute atomic E-state index is 11.6. The highest BCUT2D eigenvalue weighted by Gasteiger charge is 2.76. The van der Waals surface area contributed by atoms with Crippen LogP contribution in [0.25, 0.3) is 0 Å². The van der Waals surface area contributed by atoms with Gasteiger partial charge in [0.15, 0.2) is 0 Å². The van der Waals surface area contributed by atoms with E-state index >= 15 is 0 Å². The number of para-hydroxylation sites is 1. The summed E-state index contributed by atoms with van der Waals surface area (Å²) in [6.07, 6.45) is 2.56. The Morgan fingerprint density at radius 2 is 2.00 bits per heavy atom. The number of hydrogen-bond donors (Lipinski definition) is 2.